The monoisotopic (exact) mass is 429 g/mol. The highest BCUT2D eigenvalue weighted by Gasteiger charge is 2.35. The van der Waals surface area contributed by atoms with E-state index in [9.17, 15) is 0 Å². The van der Waals surface area contributed by atoms with Crippen LogP contribution in [0.1, 0.15) is 31.2 Å². The van der Waals surface area contributed by atoms with E-state index in [0.717, 1.165) is 34.0 Å². The molecule has 0 radical (unpaired) electrons. The number of hydrogen-bond acceptors (Lipinski definition) is 7. The van der Waals surface area contributed by atoms with Crippen LogP contribution in [-0.4, -0.2) is 47.5 Å². The Morgan fingerprint density at radius 3 is 2.66 bits per heavy atom. The highest BCUT2D eigenvalue weighted by Crippen LogP contribution is 2.40. The molecule has 0 amide bonds. The van der Waals surface area contributed by atoms with Crippen molar-refractivity contribution in [1.82, 2.24) is 20.5 Å². The van der Waals surface area contributed by atoms with Crippen molar-refractivity contribution in [2.24, 2.45) is 0 Å². The average Bonchev–Trinajstić information content (AvgIpc) is 3.19. The second-order valence-electron chi connectivity index (χ2n) is 9.04. The first-order valence-electron chi connectivity index (χ1n) is 11.3. The summed E-state index contributed by atoms with van der Waals surface area (Å²) >= 11 is 0. The number of nitrogens with one attached hydrogen (secondary N) is 1. The van der Waals surface area contributed by atoms with Gasteiger partial charge in [0, 0.05) is 42.4 Å². The molecule has 2 fully saturated rings. The third-order valence-corrected chi connectivity index (χ3v) is 7.14. The molecular formula is C25H27N5O2. The van der Waals surface area contributed by atoms with Crippen molar-refractivity contribution in [3.63, 3.8) is 0 Å². The van der Waals surface area contributed by atoms with Crippen LogP contribution < -0.4 is 19.7 Å². The molecule has 7 heteroatoms. The first kappa shape index (κ1) is 19.5. The maximum atomic E-state index is 6.12. The Morgan fingerprint density at radius 1 is 1.03 bits per heavy atom. The molecule has 32 heavy (non-hydrogen) atoms. The lowest BCUT2D eigenvalue weighted by Gasteiger charge is -2.36. The van der Waals surface area contributed by atoms with E-state index in [1.165, 1.54) is 31.2 Å². The van der Waals surface area contributed by atoms with Gasteiger partial charge in [0.2, 0.25) is 11.8 Å². The third kappa shape index (κ3) is 3.37. The topological polar surface area (TPSA) is 72.4 Å². The van der Waals surface area contributed by atoms with Gasteiger partial charge in [0.15, 0.2) is 0 Å². The Hall–Kier alpha value is -3.19. The number of benzene rings is 1. The zero-order chi connectivity index (χ0) is 21.7. The van der Waals surface area contributed by atoms with Crippen LogP contribution in [0.4, 0.5) is 5.82 Å². The molecule has 2 aromatic heterocycles. The van der Waals surface area contributed by atoms with Crippen LogP contribution in [-0.2, 0) is 6.61 Å². The summed E-state index contributed by atoms with van der Waals surface area (Å²) in [4.78, 5) is 7.25. The number of anilines is 1. The van der Waals surface area contributed by atoms with Crippen molar-refractivity contribution in [3.8, 4) is 34.0 Å². The highest BCUT2D eigenvalue weighted by atomic mass is 16.5. The molecule has 0 unspecified atom stereocenters. The molecule has 2 saturated heterocycles. The smallest absolute Gasteiger partial charge is 0.233 e. The minimum atomic E-state index is 0.503. The molecule has 0 spiro atoms. The molecule has 3 aliphatic heterocycles. The van der Waals surface area contributed by atoms with Crippen LogP contribution in [0.15, 0.2) is 42.6 Å². The van der Waals surface area contributed by atoms with E-state index in [-0.39, 0.29) is 0 Å². The molecule has 5 heterocycles. The Bertz CT molecular complexity index is 1150. The van der Waals surface area contributed by atoms with Gasteiger partial charge in [-0.15, -0.1) is 5.10 Å². The van der Waals surface area contributed by atoms with Gasteiger partial charge in [0.25, 0.3) is 0 Å². The van der Waals surface area contributed by atoms with Crippen molar-refractivity contribution < 1.29 is 9.47 Å². The summed E-state index contributed by atoms with van der Waals surface area (Å²) in [5.41, 5.74) is 5.39. The number of nitrogens with zero attached hydrogens (tertiary/aromatic N) is 4. The molecule has 0 saturated carbocycles. The van der Waals surface area contributed by atoms with Gasteiger partial charge in [-0.3, -0.25) is 0 Å². The van der Waals surface area contributed by atoms with Gasteiger partial charge in [0.1, 0.15) is 12.4 Å². The zero-order valence-electron chi connectivity index (χ0n) is 18.4. The van der Waals surface area contributed by atoms with E-state index >= 15 is 0 Å². The van der Waals surface area contributed by atoms with Crippen molar-refractivity contribution in [2.45, 2.75) is 50.4 Å². The number of fused-ring (bicyclic) bond motifs is 5. The molecule has 1 N–H and O–H groups in total. The average molecular weight is 430 g/mol. The summed E-state index contributed by atoms with van der Waals surface area (Å²) in [6.45, 7) is 0.503. The van der Waals surface area contributed by atoms with Gasteiger partial charge < -0.3 is 19.7 Å². The second-order valence-corrected chi connectivity index (χ2v) is 9.04. The molecule has 3 atom stereocenters. The largest absolute Gasteiger partial charge is 0.480 e. The van der Waals surface area contributed by atoms with Gasteiger partial charge in [0.05, 0.1) is 13.3 Å². The molecule has 0 aliphatic carbocycles. The standard InChI is InChI=1S/C25H27N5O2/c1-30(20-11-18-4-5-19(12-20)27-18)23-8-7-22-21-6-3-15(9-17(21)14-32-25(22)28-23)16-10-24(31-2)29-26-13-16/h3,6-10,13,18-20,27H,4-5,11-12,14H2,1-2H3/t18-,19+,20-. The quantitative estimate of drug-likeness (QED) is 0.676. The van der Waals surface area contributed by atoms with Gasteiger partial charge in [-0.2, -0.15) is 10.1 Å². The summed E-state index contributed by atoms with van der Waals surface area (Å²) in [6, 6.07) is 14.4. The summed E-state index contributed by atoms with van der Waals surface area (Å²) in [6.07, 6.45) is 6.73. The van der Waals surface area contributed by atoms with Crippen LogP contribution in [0.5, 0.6) is 11.8 Å². The van der Waals surface area contributed by atoms with Crippen molar-refractivity contribution >= 4 is 5.82 Å². The predicted molar refractivity (Wildman–Crippen MR) is 123 cm³/mol. The Labute approximate surface area is 187 Å². The molecular weight excluding hydrogens is 402 g/mol. The molecule has 2 bridgehead atoms. The summed E-state index contributed by atoms with van der Waals surface area (Å²) in [5, 5.41) is 11.7. The van der Waals surface area contributed by atoms with Crippen LogP contribution in [0.3, 0.4) is 0 Å². The maximum Gasteiger partial charge on any atom is 0.233 e. The van der Waals surface area contributed by atoms with Crippen molar-refractivity contribution in [1.29, 1.82) is 0 Å². The number of ether oxygens (including phenoxy) is 2. The lowest BCUT2D eigenvalue weighted by atomic mass is 9.95. The number of pyridine rings is 1. The lowest BCUT2D eigenvalue weighted by molar-refractivity contribution is 0.289. The van der Waals surface area contributed by atoms with E-state index < -0.39 is 0 Å². The molecule has 6 rings (SSSR count). The van der Waals surface area contributed by atoms with Crippen molar-refractivity contribution in [2.75, 3.05) is 19.1 Å². The third-order valence-electron chi connectivity index (χ3n) is 7.14. The zero-order valence-corrected chi connectivity index (χ0v) is 18.4. The number of piperidine rings is 1. The van der Waals surface area contributed by atoms with Gasteiger partial charge in [-0.1, -0.05) is 12.1 Å². The van der Waals surface area contributed by atoms with E-state index in [4.69, 9.17) is 14.5 Å². The minimum absolute atomic E-state index is 0.503. The predicted octanol–water partition coefficient (Wildman–Crippen LogP) is 3.83. The number of methoxy groups -OCH3 is 1. The van der Waals surface area contributed by atoms with Gasteiger partial charge in [-0.05, 0) is 60.6 Å². The highest BCUT2D eigenvalue weighted by molar-refractivity contribution is 5.78. The van der Waals surface area contributed by atoms with Gasteiger partial charge in [-0.25, -0.2) is 0 Å². The minimum Gasteiger partial charge on any atom is -0.480 e. The SMILES string of the molecule is COc1cc(-c2ccc3c(c2)COc2nc(N(C)[C@@H]4C[C@H]5CC[C@@H](C4)N5)ccc2-3)cnn1. The van der Waals surface area contributed by atoms with Crippen LogP contribution in [0.25, 0.3) is 22.3 Å². The maximum absolute atomic E-state index is 6.12. The number of rotatable bonds is 4. The number of hydrogen-bond donors (Lipinski definition) is 1. The van der Waals surface area contributed by atoms with E-state index in [1.807, 2.05) is 6.07 Å². The van der Waals surface area contributed by atoms with E-state index in [0.29, 0.717) is 30.6 Å². The fourth-order valence-corrected chi connectivity index (χ4v) is 5.38. The summed E-state index contributed by atoms with van der Waals surface area (Å²) < 4.78 is 11.3. The van der Waals surface area contributed by atoms with Crippen LogP contribution in [0, 0.1) is 0 Å². The lowest BCUT2D eigenvalue weighted by Crippen LogP contribution is -2.47. The number of aromatic nitrogens is 3. The van der Waals surface area contributed by atoms with Crippen LogP contribution in [0.2, 0.25) is 0 Å². The Balaban J connectivity index is 1.27. The fraction of sp³-hybridized carbons (Fsp3) is 0.400. The summed E-state index contributed by atoms with van der Waals surface area (Å²) in [7, 11) is 3.77. The van der Waals surface area contributed by atoms with Gasteiger partial charge >= 0.3 is 0 Å². The van der Waals surface area contributed by atoms with Crippen LogP contribution >= 0.6 is 0 Å². The molecule has 1 aromatic carbocycles. The fourth-order valence-electron chi connectivity index (χ4n) is 5.38. The first-order valence-corrected chi connectivity index (χ1v) is 11.3. The second kappa shape index (κ2) is 7.74. The summed E-state index contributed by atoms with van der Waals surface area (Å²) in [5.74, 6) is 2.22. The molecule has 3 aromatic rings. The molecule has 164 valence electrons. The molecule has 3 aliphatic rings. The molecule has 7 nitrogen and oxygen atoms in total. The normalized spacial score (nSPS) is 23.1. The first-order chi connectivity index (χ1) is 15.7. The Kier molecular flexibility index (Phi) is 4.72. The Morgan fingerprint density at radius 2 is 1.84 bits per heavy atom. The van der Waals surface area contributed by atoms with Crippen molar-refractivity contribution in [3.05, 3.63) is 48.2 Å². The van der Waals surface area contributed by atoms with E-state index in [1.54, 1.807) is 13.3 Å². The van der Waals surface area contributed by atoms with E-state index in [2.05, 4.69) is 57.8 Å².